The number of aromatic nitrogens is 2. The molecule has 0 saturated carbocycles. The molecular formula is C18H27BN3+. The number of nitrogens with zero attached hydrogens (tertiary/aromatic N) is 2. The predicted molar refractivity (Wildman–Crippen MR) is 93.9 cm³/mol. The summed E-state index contributed by atoms with van der Waals surface area (Å²) in [5, 5.41) is 0. The van der Waals surface area contributed by atoms with Crippen molar-refractivity contribution in [3.63, 3.8) is 0 Å². The highest BCUT2D eigenvalue weighted by Crippen LogP contribution is 2.25. The van der Waals surface area contributed by atoms with Crippen LogP contribution in [0.2, 0.25) is 5.82 Å². The zero-order valence-corrected chi connectivity index (χ0v) is 14.6. The molecule has 2 heterocycles. The maximum absolute atomic E-state index is 6.53. The van der Waals surface area contributed by atoms with Gasteiger partial charge in [0.25, 0.3) is 0 Å². The van der Waals surface area contributed by atoms with E-state index in [2.05, 4.69) is 76.6 Å². The molecule has 0 amide bonds. The lowest BCUT2D eigenvalue weighted by Crippen LogP contribution is -2.76. The third-order valence-corrected chi connectivity index (χ3v) is 5.13. The molecule has 0 aliphatic carbocycles. The lowest BCUT2D eigenvalue weighted by Gasteiger charge is -2.34. The minimum atomic E-state index is -0.0778. The molecule has 1 aromatic carbocycles. The summed E-state index contributed by atoms with van der Waals surface area (Å²) in [5.74, 6) is 7.44. The van der Waals surface area contributed by atoms with E-state index < -0.39 is 0 Å². The van der Waals surface area contributed by atoms with Crippen LogP contribution < -0.4 is 21.6 Å². The molecular weight excluding hydrogens is 269 g/mol. The molecule has 0 atom stereocenters. The van der Waals surface area contributed by atoms with E-state index >= 15 is 0 Å². The van der Waals surface area contributed by atoms with Crippen molar-refractivity contribution in [2.45, 2.75) is 58.8 Å². The Morgan fingerprint density at radius 1 is 1.14 bits per heavy atom. The lowest BCUT2D eigenvalue weighted by molar-refractivity contribution is -0.731. The largest absolute Gasteiger partial charge is 0.322 e. The van der Waals surface area contributed by atoms with E-state index in [-0.39, 0.29) is 5.54 Å². The molecule has 0 spiro atoms. The molecule has 0 unspecified atom stereocenters. The molecule has 1 aliphatic heterocycles. The van der Waals surface area contributed by atoms with E-state index in [1.165, 1.54) is 22.4 Å². The van der Waals surface area contributed by atoms with E-state index in [4.69, 9.17) is 5.84 Å². The van der Waals surface area contributed by atoms with Gasteiger partial charge < -0.3 is 0 Å². The average molecular weight is 296 g/mol. The van der Waals surface area contributed by atoms with Crippen LogP contribution in [-0.4, -0.2) is 11.4 Å². The van der Waals surface area contributed by atoms with Crippen LogP contribution in [0.1, 0.15) is 58.7 Å². The molecule has 2 N–H and O–H groups in total. The van der Waals surface area contributed by atoms with E-state index in [0.29, 0.717) is 18.4 Å². The number of nitrogens with two attached hydrogens (primary N) is 1. The van der Waals surface area contributed by atoms with Gasteiger partial charge in [-0.15, -0.1) is 4.68 Å². The number of imidazole rings is 1. The third-order valence-electron chi connectivity index (χ3n) is 5.13. The molecule has 0 bridgehead atoms. The Morgan fingerprint density at radius 2 is 1.77 bits per heavy atom. The Morgan fingerprint density at radius 3 is 2.36 bits per heavy atom. The van der Waals surface area contributed by atoms with Gasteiger partial charge in [0.1, 0.15) is 11.7 Å². The van der Waals surface area contributed by atoms with Gasteiger partial charge in [-0.1, -0.05) is 63.2 Å². The lowest BCUT2D eigenvalue weighted by atomic mass is 9.34. The minimum Gasteiger partial charge on any atom is -0.269 e. The van der Waals surface area contributed by atoms with Crippen LogP contribution in [0.3, 0.4) is 0 Å². The molecule has 3 nitrogen and oxygen atoms in total. The zero-order chi connectivity index (χ0) is 16.2. The normalized spacial score (nSPS) is 16.1. The summed E-state index contributed by atoms with van der Waals surface area (Å²) < 4.78 is 4.34. The van der Waals surface area contributed by atoms with Crippen LogP contribution in [0.5, 0.6) is 0 Å². The van der Waals surface area contributed by atoms with E-state index in [9.17, 15) is 0 Å². The fraction of sp³-hybridized carbons (Fsp3) is 0.500. The zero-order valence-electron chi connectivity index (χ0n) is 14.6. The topological polar surface area (TPSA) is 34.8 Å². The van der Waals surface area contributed by atoms with Gasteiger partial charge in [0.05, 0.1) is 0 Å². The van der Waals surface area contributed by atoms with Crippen molar-refractivity contribution in [3.8, 4) is 0 Å². The molecule has 0 radical (unpaired) electrons. The molecule has 116 valence electrons. The Bertz CT molecular complexity index is 713. The van der Waals surface area contributed by atoms with Gasteiger partial charge in [-0.25, -0.2) is 4.57 Å². The van der Waals surface area contributed by atoms with Gasteiger partial charge in [-0.05, 0) is 19.4 Å². The number of hydrogen-bond acceptors (Lipinski definition) is 1. The van der Waals surface area contributed by atoms with Gasteiger partial charge in [0.2, 0.25) is 5.72 Å². The van der Waals surface area contributed by atoms with Gasteiger partial charge in [0.15, 0.2) is 5.69 Å². The van der Waals surface area contributed by atoms with Crippen LogP contribution in [0.4, 0.5) is 0 Å². The van der Waals surface area contributed by atoms with Gasteiger partial charge in [-0.2, -0.15) is 0 Å². The van der Waals surface area contributed by atoms with Crippen molar-refractivity contribution in [2.75, 3.05) is 5.84 Å². The quantitative estimate of drug-likeness (QED) is 0.511. The third kappa shape index (κ3) is 1.93. The van der Waals surface area contributed by atoms with Crippen molar-refractivity contribution < 1.29 is 4.57 Å². The fourth-order valence-corrected chi connectivity index (χ4v) is 3.94. The maximum atomic E-state index is 6.53. The van der Waals surface area contributed by atoms with Crippen LogP contribution in [0.25, 0.3) is 0 Å². The van der Waals surface area contributed by atoms with Crippen molar-refractivity contribution in [1.29, 1.82) is 0 Å². The van der Waals surface area contributed by atoms with E-state index in [1.54, 1.807) is 0 Å². The molecule has 3 rings (SSSR count). The van der Waals surface area contributed by atoms with Gasteiger partial charge in [0, 0.05) is 5.92 Å². The predicted octanol–water partition coefficient (Wildman–Crippen LogP) is 1.73. The fourth-order valence-electron chi connectivity index (χ4n) is 3.94. The molecule has 0 fully saturated rings. The Balaban J connectivity index is 2.36. The minimum absolute atomic E-state index is 0.0778. The summed E-state index contributed by atoms with van der Waals surface area (Å²) in [6.45, 7) is 13.9. The highest BCUT2D eigenvalue weighted by molar-refractivity contribution is 6.85. The molecule has 1 aliphatic rings. The summed E-state index contributed by atoms with van der Waals surface area (Å²) >= 11 is 0. The standard InChI is InChI=1S/C18H27BN3/c1-12(2)16-11-21-17(22(16)20)19(13(3)4)15-10-8-7-9-14(15)18(21,5)6/h7-13H,20H2,1-6H3/q+1. The van der Waals surface area contributed by atoms with Crippen LogP contribution in [0, 0.1) is 0 Å². The highest BCUT2D eigenvalue weighted by atomic mass is 15.4. The highest BCUT2D eigenvalue weighted by Gasteiger charge is 2.49. The first-order valence-corrected chi connectivity index (χ1v) is 8.29. The number of benzene rings is 1. The Hall–Kier alpha value is -1.71. The second kappa shape index (κ2) is 4.90. The number of fused-ring (bicyclic) bond motifs is 2. The maximum Gasteiger partial charge on any atom is 0.322 e. The smallest absolute Gasteiger partial charge is 0.269 e. The van der Waals surface area contributed by atoms with E-state index in [0.717, 1.165) is 0 Å². The summed E-state index contributed by atoms with van der Waals surface area (Å²) in [4.78, 5) is 0. The monoisotopic (exact) mass is 296 g/mol. The SMILES string of the molecule is CC(C)B1c2ccccc2C(C)(C)[n+]2cc(C(C)C)n(N)c21. The van der Waals surface area contributed by atoms with Gasteiger partial charge >= 0.3 is 6.71 Å². The van der Waals surface area contributed by atoms with Crippen molar-refractivity contribution >= 4 is 17.9 Å². The second-order valence-corrected chi connectivity index (χ2v) is 7.67. The summed E-state index contributed by atoms with van der Waals surface area (Å²) in [6, 6.07) is 8.83. The van der Waals surface area contributed by atoms with Crippen molar-refractivity contribution in [2.24, 2.45) is 0 Å². The molecule has 0 saturated heterocycles. The first-order chi connectivity index (χ1) is 10.3. The first-order valence-electron chi connectivity index (χ1n) is 8.29. The molecule has 1 aromatic heterocycles. The molecule has 2 aromatic rings. The summed E-state index contributed by atoms with van der Waals surface area (Å²) in [7, 11) is 0. The van der Waals surface area contributed by atoms with E-state index in [1.807, 2.05) is 4.68 Å². The number of nitrogen functional groups attached to an aromatic ring is 1. The number of rotatable bonds is 2. The van der Waals surface area contributed by atoms with Crippen LogP contribution in [-0.2, 0) is 5.54 Å². The first kappa shape index (κ1) is 15.2. The van der Waals surface area contributed by atoms with Crippen LogP contribution >= 0.6 is 0 Å². The summed E-state index contributed by atoms with van der Waals surface area (Å²) in [5.41, 5.74) is 5.17. The van der Waals surface area contributed by atoms with Crippen LogP contribution in [0.15, 0.2) is 30.5 Å². The van der Waals surface area contributed by atoms with Crippen molar-refractivity contribution in [3.05, 3.63) is 41.7 Å². The van der Waals surface area contributed by atoms with Crippen molar-refractivity contribution in [1.82, 2.24) is 4.68 Å². The van der Waals surface area contributed by atoms with Gasteiger partial charge in [-0.3, -0.25) is 5.84 Å². The second-order valence-electron chi connectivity index (χ2n) is 7.67. The Kier molecular flexibility index (Phi) is 3.39. The molecule has 4 heteroatoms. The molecule has 22 heavy (non-hydrogen) atoms. The Labute approximate surface area is 134 Å². The summed E-state index contributed by atoms with van der Waals surface area (Å²) in [6.07, 6.45) is 2.26. The number of hydrogen-bond donors (Lipinski definition) is 1. The average Bonchev–Trinajstić information content (AvgIpc) is 2.78.